The van der Waals surface area contributed by atoms with Crippen molar-refractivity contribution in [2.24, 2.45) is 5.92 Å². The number of Topliss-reactive ketones (excluding diaryl/α,β-unsaturated/α-hetero) is 1. The number of nitrogens with zero attached hydrogens (tertiary/aromatic N) is 3. The Labute approximate surface area is 96.1 Å². The van der Waals surface area contributed by atoms with Crippen LogP contribution in [-0.4, -0.2) is 20.5 Å². The van der Waals surface area contributed by atoms with Gasteiger partial charge in [0.05, 0.1) is 6.42 Å². The molecule has 0 aliphatic heterocycles. The fourth-order valence-corrected chi connectivity index (χ4v) is 2.10. The maximum Gasteiger partial charge on any atom is 0.140 e. The van der Waals surface area contributed by atoms with Gasteiger partial charge in [-0.25, -0.2) is 9.67 Å². The van der Waals surface area contributed by atoms with Crippen LogP contribution in [0.5, 0.6) is 0 Å². The standard InChI is InChI=1S/C12H19N3O/c1-9(2)15-12(13-8-14-15)7-11(16)6-10-4-3-5-10/h8-10H,3-7H2,1-2H3. The van der Waals surface area contributed by atoms with E-state index in [1.165, 1.54) is 25.6 Å². The third kappa shape index (κ3) is 2.49. The van der Waals surface area contributed by atoms with Gasteiger partial charge < -0.3 is 0 Å². The van der Waals surface area contributed by atoms with Crippen LogP contribution in [0.3, 0.4) is 0 Å². The minimum Gasteiger partial charge on any atom is -0.299 e. The van der Waals surface area contributed by atoms with Crippen molar-refractivity contribution < 1.29 is 4.79 Å². The molecule has 0 unspecified atom stereocenters. The molecule has 0 saturated heterocycles. The summed E-state index contributed by atoms with van der Waals surface area (Å²) < 4.78 is 1.83. The third-order valence-corrected chi connectivity index (χ3v) is 3.23. The molecule has 0 spiro atoms. The topological polar surface area (TPSA) is 47.8 Å². The lowest BCUT2D eigenvalue weighted by Gasteiger charge is -2.24. The molecule has 1 aliphatic rings. The molecule has 1 aromatic heterocycles. The number of carbonyl (C=O) groups excluding carboxylic acids is 1. The molecule has 0 aromatic carbocycles. The molecule has 1 aromatic rings. The first-order valence-corrected chi connectivity index (χ1v) is 6.07. The van der Waals surface area contributed by atoms with E-state index in [0.29, 0.717) is 18.1 Å². The summed E-state index contributed by atoms with van der Waals surface area (Å²) in [5, 5.41) is 4.14. The van der Waals surface area contributed by atoms with Crippen LogP contribution in [-0.2, 0) is 11.2 Å². The van der Waals surface area contributed by atoms with Crippen molar-refractivity contribution in [1.82, 2.24) is 14.8 Å². The molecule has 4 heteroatoms. The normalized spacial score (nSPS) is 16.4. The number of rotatable bonds is 5. The van der Waals surface area contributed by atoms with E-state index in [0.717, 1.165) is 12.2 Å². The highest BCUT2D eigenvalue weighted by molar-refractivity contribution is 5.80. The van der Waals surface area contributed by atoms with Crippen LogP contribution in [0.15, 0.2) is 6.33 Å². The fourth-order valence-electron chi connectivity index (χ4n) is 2.10. The van der Waals surface area contributed by atoms with Crippen molar-refractivity contribution in [3.63, 3.8) is 0 Å². The quantitative estimate of drug-likeness (QED) is 0.765. The van der Waals surface area contributed by atoms with Gasteiger partial charge in [0, 0.05) is 12.5 Å². The van der Waals surface area contributed by atoms with Gasteiger partial charge >= 0.3 is 0 Å². The fraction of sp³-hybridized carbons (Fsp3) is 0.750. The van der Waals surface area contributed by atoms with E-state index in [-0.39, 0.29) is 6.04 Å². The van der Waals surface area contributed by atoms with E-state index in [9.17, 15) is 4.79 Å². The van der Waals surface area contributed by atoms with Gasteiger partial charge in [-0.15, -0.1) is 0 Å². The van der Waals surface area contributed by atoms with Crippen molar-refractivity contribution in [2.45, 2.75) is 52.0 Å². The summed E-state index contributed by atoms with van der Waals surface area (Å²) in [4.78, 5) is 16.0. The third-order valence-electron chi connectivity index (χ3n) is 3.23. The first kappa shape index (κ1) is 11.3. The van der Waals surface area contributed by atoms with Gasteiger partial charge in [-0.1, -0.05) is 19.3 Å². The van der Waals surface area contributed by atoms with E-state index in [1.807, 2.05) is 4.68 Å². The molecule has 1 fully saturated rings. The Bertz CT molecular complexity index is 366. The Balaban J connectivity index is 1.91. The number of hydrogen-bond acceptors (Lipinski definition) is 3. The summed E-state index contributed by atoms with van der Waals surface area (Å²) in [7, 11) is 0. The average molecular weight is 221 g/mol. The Morgan fingerprint density at radius 1 is 1.56 bits per heavy atom. The van der Waals surface area contributed by atoms with E-state index >= 15 is 0 Å². The van der Waals surface area contributed by atoms with Gasteiger partial charge in [0.2, 0.25) is 0 Å². The van der Waals surface area contributed by atoms with E-state index in [4.69, 9.17) is 0 Å². The predicted molar refractivity (Wildman–Crippen MR) is 61.1 cm³/mol. The second kappa shape index (κ2) is 4.76. The van der Waals surface area contributed by atoms with Gasteiger partial charge in [-0.2, -0.15) is 5.10 Å². The highest BCUT2D eigenvalue weighted by Crippen LogP contribution is 2.29. The van der Waals surface area contributed by atoms with Crippen LogP contribution < -0.4 is 0 Å². The highest BCUT2D eigenvalue weighted by atomic mass is 16.1. The van der Waals surface area contributed by atoms with Crippen molar-refractivity contribution in [3.8, 4) is 0 Å². The van der Waals surface area contributed by atoms with Crippen LogP contribution in [0.25, 0.3) is 0 Å². The summed E-state index contributed by atoms with van der Waals surface area (Å²) in [5.74, 6) is 1.75. The number of hydrogen-bond donors (Lipinski definition) is 0. The maximum atomic E-state index is 11.8. The van der Waals surface area contributed by atoms with Gasteiger partial charge in [0.25, 0.3) is 0 Å². The van der Waals surface area contributed by atoms with E-state index in [2.05, 4.69) is 23.9 Å². The number of ketones is 1. The molecule has 16 heavy (non-hydrogen) atoms. The Hall–Kier alpha value is -1.19. The largest absolute Gasteiger partial charge is 0.299 e. The van der Waals surface area contributed by atoms with Crippen molar-refractivity contribution in [2.75, 3.05) is 0 Å². The molecule has 1 aliphatic carbocycles. The van der Waals surface area contributed by atoms with E-state index < -0.39 is 0 Å². The molecule has 0 N–H and O–H groups in total. The number of carbonyl (C=O) groups is 1. The molecule has 88 valence electrons. The summed E-state index contributed by atoms with van der Waals surface area (Å²) in [6.07, 6.45) is 6.44. The molecule has 0 atom stereocenters. The minimum atomic E-state index is 0.272. The van der Waals surface area contributed by atoms with Crippen LogP contribution in [0, 0.1) is 5.92 Å². The second-order valence-corrected chi connectivity index (χ2v) is 4.93. The zero-order valence-corrected chi connectivity index (χ0v) is 10.0. The van der Waals surface area contributed by atoms with Crippen LogP contribution in [0.2, 0.25) is 0 Å². The van der Waals surface area contributed by atoms with Crippen molar-refractivity contribution in [1.29, 1.82) is 0 Å². The minimum absolute atomic E-state index is 0.272. The molecular weight excluding hydrogens is 202 g/mol. The van der Waals surface area contributed by atoms with Crippen LogP contribution in [0.1, 0.15) is 51.4 Å². The smallest absolute Gasteiger partial charge is 0.140 e. The van der Waals surface area contributed by atoms with Gasteiger partial charge in [-0.3, -0.25) is 4.79 Å². The first-order valence-electron chi connectivity index (χ1n) is 6.07. The lowest BCUT2D eigenvalue weighted by molar-refractivity contribution is -0.120. The van der Waals surface area contributed by atoms with E-state index in [1.54, 1.807) is 0 Å². The summed E-state index contributed by atoms with van der Waals surface area (Å²) in [5.41, 5.74) is 0. The molecule has 0 amide bonds. The van der Waals surface area contributed by atoms with Gasteiger partial charge in [-0.05, 0) is 19.8 Å². The summed E-state index contributed by atoms with van der Waals surface area (Å²) in [6.45, 7) is 4.10. The summed E-state index contributed by atoms with van der Waals surface area (Å²) >= 11 is 0. The highest BCUT2D eigenvalue weighted by Gasteiger charge is 2.21. The van der Waals surface area contributed by atoms with Crippen LogP contribution in [0.4, 0.5) is 0 Å². The molecule has 2 rings (SSSR count). The molecule has 0 bridgehead atoms. The zero-order valence-electron chi connectivity index (χ0n) is 10.0. The average Bonchev–Trinajstić information content (AvgIpc) is 2.59. The lowest BCUT2D eigenvalue weighted by Crippen LogP contribution is -2.19. The molecular formula is C12H19N3O. The van der Waals surface area contributed by atoms with Gasteiger partial charge in [0.1, 0.15) is 17.9 Å². The molecule has 0 radical (unpaired) electrons. The molecule has 1 saturated carbocycles. The molecule has 1 heterocycles. The predicted octanol–water partition coefficient (Wildman–Crippen LogP) is 2.16. The first-order chi connectivity index (χ1) is 7.66. The lowest BCUT2D eigenvalue weighted by atomic mass is 9.81. The van der Waals surface area contributed by atoms with Crippen molar-refractivity contribution in [3.05, 3.63) is 12.2 Å². The second-order valence-electron chi connectivity index (χ2n) is 4.93. The van der Waals surface area contributed by atoms with Gasteiger partial charge in [0.15, 0.2) is 0 Å². The zero-order chi connectivity index (χ0) is 11.5. The Morgan fingerprint density at radius 3 is 2.88 bits per heavy atom. The van der Waals surface area contributed by atoms with Crippen molar-refractivity contribution >= 4 is 5.78 Å². The summed E-state index contributed by atoms with van der Waals surface area (Å²) in [6, 6.07) is 0.272. The monoisotopic (exact) mass is 221 g/mol. The SMILES string of the molecule is CC(C)n1ncnc1CC(=O)CC1CCC1. The number of aromatic nitrogens is 3. The maximum absolute atomic E-state index is 11.8. The Kier molecular flexibility index (Phi) is 3.36. The molecule has 4 nitrogen and oxygen atoms in total. The van der Waals surface area contributed by atoms with Crippen LogP contribution >= 0.6 is 0 Å². The Morgan fingerprint density at radius 2 is 2.31 bits per heavy atom.